The Morgan fingerprint density at radius 2 is 1.75 bits per heavy atom. The number of rotatable bonds is 5. The van der Waals surface area contributed by atoms with Crippen LogP contribution in [0.4, 0.5) is 32.2 Å². The summed E-state index contributed by atoms with van der Waals surface area (Å²) < 4.78 is 79.3. The molecule has 2 aromatic heterocycles. The molecule has 15 heteroatoms. The van der Waals surface area contributed by atoms with Gasteiger partial charge in [0.05, 0.1) is 38.9 Å². The van der Waals surface area contributed by atoms with Crippen molar-refractivity contribution in [2.45, 2.75) is 23.1 Å². The Labute approximate surface area is 190 Å². The first-order valence-corrected chi connectivity index (χ1v) is 9.82. The molecule has 0 aliphatic carbocycles. The fourth-order valence-corrected chi connectivity index (χ4v) is 3.85. The van der Waals surface area contributed by atoms with Crippen molar-refractivity contribution in [3.05, 3.63) is 57.7 Å². The molecule has 3 rings (SSSR count). The molecule has 6 nitrogen and oxygen atoms in total. The van der Waals surface area contributed by atoms with E-state index in [1.54, 1.807) is 0 Å². The molecule has 0 amide bonds. The molecule has 32 heavy (non-hydrogen) atoms. The van der Waals surface area contributed by atoms with E-state index in [0.29, 0.717) is 17.8 Å². The number of nitrogens with zero attached hydrogens (tertiary/aromatic N) is 5. The van der Waals surface area contributed by atoms with E-state index in [0.717, 1.165) is 4.68 Å². The van der Waals surface area contributed by atoms with E-state index in [9.17, 15) is 31.6 Å². The van der Waals surface area contributed by atoms with Crippen molar-refractivity contribution in [2.24, 2.45) is 0 Å². The van der Waals surface area contributed by atoms with Crippen LogP contribution in [0.15, 0.2) is 35.6 Å². The number of halogens is 8. The first-order chi connectivity index (χ1) is 14.9. The van der Waals surface area contributed by atoms with Gasteiger partial charge in [0.1, 0.15) is 17.6 Å². The number of thioether (sulfide) groups is 1. The second-order valence-electron chi connectivity index (χ2n) is 5.93. The highest BCUT2D eigenvalue weighted by molar-refractivity contribution is 8.00. The normalized spacial score (nSPS) is 12.0. The zero-order valence-electron chi connectivity index (χ0n) is 15.3. The van der Waals surface area contributed by atoms with Crippen molar-refractivity contribution in [3.63, 3.8) is 0 Å². The molecule has 0 aliphatic rings. The quantitative estimate of drug-likeness (QED) is 0.329. The summed E-state index contributed by atoms with van der Waals surface area (Å²) in [5.41, 5.74) is -6.61. The highest BCUT2D eigenvalue weighted by Crippen LogP contribution is 2.45. The Morgan fingerprint density at radius 3 is 2.25 bits per heavy atom. The Kier molecular flexibility index (Phi) is 6.77. The maximum Gasteiger partial charge on any atom is 0.446 e. The molecule has 0 radical (unpaired) electrons. The lowest BCUT2D eigenvalue weighted by Gasteiger charge is -2.16. The number of nitrogens with one attached hydrogen (secondary N) is 1. The lowest BCUT2D eigenvalue weighted by atomic mass is 10.2. The molecular weight excluding hydrogens is 505 g/mol. The zero-order chi connectivity index (χ0) is 23.7. The summed E-state index contributed by atoms with van der Waals surface area (Å²) >= 11 is 11.4. The molecule has 2 heterocycles. The maximum absolute atomic E-state index is 13.1. The predicted molar refractivity (Wildman–Crippen MR) is 105 cm³/mol. The molecule has 0 saturated heterocycles. The van der Waals surface area contributed by atoms with Crippen LogP contribution in [0.1, 0.15) is 17.0 Å². The number of aromatic nitrogens is 4. The van der Waals surface area contributed by atoms with Crippen LogP contribution >= 0.6 is 35.0 Å². The minimum absolute atomic E-state index is 0.147. The van der Waals surface area contributed by atoms with Gasteiger partial charge in [-0.25, -0.2) is 4.68 Å². The van der Waals surface area contributed by atoms with E-state index in [4.69, 9.17) is 23.2 Å². The molecule has 0 unspecified atom stereocenters. The van der Waals surface area contributed by atoms with Gasteiger partial charge in [0, 0.05) is 12.4 Å². The van der Waals surface area contributed by atoms with Crippen molar-refractivity contribution >= 4 is 40.8 Å². The molecule has 0 aliphatic heterocycles. The monoisotopic (exact) mass is 512 g/mol. The Morgan fingerprint density at radius 1 is 1.09 bits per heavy atom. The molecule has 0 atom stereocenters. The highest BCUT2D eigenvalue weighted by Gasteiger charge is 2.36. The van der Waals surface area contributed by atoms with Crippen molar-refractivity contribution in [1.29, 1.82) is 5.26 Å². The number of nitriles is 1. The number of hydrogen-bond donors (Lipinski definition) is 1. The second-order valence-corrected chi connectivity index (χ2v) is 7.82. The Hall–Kier alpha value is -2.69. The van der Waals surface area contributed by atoms with Gasteiger partial charge >= 0.3 is 11.7 Å². The fraction of sp³-hybridized carbons (Fsp3) is 0.176. The van der Waals surface area contributed by atoms with Crippen LogP contribution in [0, 0.1) is 11.3 Å². The minimum atomic E-state index is -4.80. The lowest BCUT2D eigenvalue weighted by molar-refractivity contribution is -0.137. The van der Waals surface area contributed by atoms with E-state index >= 15 is 0 Å². The predicted octanol–water partition coefficient (Wildman–Crippen LogP) is 6.08. The molecule has 0 bridgehead atoms. The van der Waals surface area contributed by atoms with Gasteiger partial charge in [-0.3, -0.25) is 9.97 Å². The van der Waals surface area contributed by atoms with E-state index in [1.807, 2.05) is 0 Å². The standard InChI is InChI=1S/C17H8Cl2F6N6S/c18-10-3-8(16(20,21)22)4-11(19)13(10)31-15(29-7-9-6-27-1-2-28-9)14(12(5-26)30-31)32-17(23,24)25/h1-4,6,29H,7H2. The van der Waals surface area contributed by atoms with Crippen LogP contribution in [-0.4, -0.2) is 25.3 Å². The van der Waals surface area contributed by atoms with Gasteiger partial charge in [0.25, 0.3) is 0 Å². The first-order valence-electron chi connectivity index (χ1n) is 8.25. The average Bonchev–Trinajstić information content (AvgIpc) is 3.01. The van der Waals surface area contributed by atoms with Crippen LogP contribution in [0.2, 0.25) is 10.0 Å². The molecule has 3 aromatic rings. The van der Waals surface area contributed by atoms with Crippen LogP contribution in [-0.2, 0) is 12.7 Å². The SMILES string of the molecule is N#Cc1nn(-c2c(Cl)cc(C(F)(F)F)cc2Cl)c(NCc2cnccn2)c1SC(F)(F)F. The summed E-state index contributed by atoms with van der Waals surface area (Å²) in [6.07, 6.45) is -0.691. The zero-order valence-corrected chi connectivity index (χ0v) is 17.6. The summed E-state index contributed by atoms with van der Waals surface area (Å²) in [7, 11) is 0. The first kappa shape index (κ1) is 24.0. The van der Waals surface area contributed by atoms with Gasteiger partial charge in [-0.2, -0.15) is 36.7 Å². The molecule has 1 aromatic carbocycles. The third kappa shape index (κ3) is 5.37. The molecular formula is C17H8Cl2F6N6S. The van der Waals surface area contributed by atoms with Crippen LogP contribution < -0.4 is 5.32 Å². The van der Waals surface area contributed by atoms with Crippen molar-refractivity contribution in [2.75, 3.05) is 5.32 Å². The van der Waals surface area contributed by atoms with Crippen molar-refractivity contribution in [1.82, 2.24) is 19.7 Å². The summed E-state index contributed by atoms with van der Waals surface area (Å²) in [5.74, 6) is -0.363. The number of alkyl halides is 6. The fourth-order valence-electron chi connectivity index (χ4n) is 2.53. The van der Waals surface area contributed by atoms with E-state index in [1.165, 1.54) is 24.7 Å². The lowest BCUT2D eigenvalue weighted by Crippen LogP contribution is -2.11. The maximum atomic E-state index is 13.1. The molecule has 168 valence electrons. The van der Waals surface area contributed by atoms with E-state index in [2.05, 4.69) is 20.4 Å². The smallest absolute Gasteiger partial charge is 0.363 e. The number of benzene rings is 1. The molecule has 0 saturated carbocycles. The van der Waals surface area contributed by atoms with Gasteiger partial charge in [0.2, 0.25) is 0 Å². The Balaban J connectivity index is 2.18. The van der Waals surface area contributed by atoms with Crippen LogP contribution in [0.5, 0.6) is 0 Å². The summed E-state index contributed by atoms with van der Waals surface area (Å²) in [4.78, 5) is 7.19. The summed E-state index contributed by atoms with van der Waals surface area (Å²) in [6.45, 7) is -0.147. The van der Waals surface area contributed by atoms with E-state index in [-0.39, 0.29) is 18.1 Å². The number of hydrogen-bond acceptors (Lipinski definition) is 6. The van der Waals surface area contributed by atoms with Gasteiger partial charge in [-0.1, -0.05) is 23.2 Å². The summed E-state index contributed by atoms with van der Waals surface area (Å²) in [5, 5.41) is 14.7. The third-order valence-electron chi connectivity index (χ3n) is 3.78. The average molecular weight is 513 g/mol. The highest BCUT2D eigenvalue weighted by atomic mass is 35.5. The number of anilines is 1. The van der Waals surface area contributed by atoms with Gasteiger partial charge in [-0.05, 0) is 23.9 Å². The molecule has 1 N–H and O–H groups in total. The van der Waals surface area contributed by atoms with Crippen LogP contribution in [0.25, 0.3) is 5.69 Å². The van der Waals surface area contributed by atoms with Crippen molar-refractivity contribution in [3.8, 4) is 11.8 Å². The third-order valence-corrected chi connectivity index (χ3v) is 5.17. The Bertz CT molecular complexity index is 1150. The largest absolute Gasteiger partial charge is 0.446 e. The van der Waals surface area contributed by atoms with Crippen molar-refractivity contribution < 1.29 is 26.3 Å². The topological polar surface area (TPSA) is 79.4 Å². The van der Waals surface area contributed by atoms with Gasteiger partial charge in [0.15, 0.2) is 5.69 Å². The molecule has 0 fully saturated rings. The second kappa shape index (κ2) is 9.05. The van der Waals surface area contributed by atoms with Gasteiger partial charge < -0.3 is 5.32 Å². The minimum Gasteiger partial charge on any atom is -0.363 e. The van der Waals surface area contributed by atoms with Crippen LogP contribution in [0.3, 0.4) is 0 Å². The van der Waals surface area contributed by atoms with E-state index < -0.39 is 49.6 Å². The van der Waals surface area contributed by atoms with Gasteiger partial charge in [-0.15, -0.1) is 0 Å². The molecule has 0 spiro atoms. The summed E-state index contributed by atoms with van der Waals surface area (Å²) in [6, 6.07) is 2.64.